The van der Waals surface area contributed by atoms with Gasteiger partial charge in [0.15, 0.2) is 0 Å². The SMILES string of the molecule is C=CCOC12Oc3ccc(OCc4ccccc4F)cc3C3C(CCCCO)C(CCCCO)C=C(C(=NOC)CC1N(CCOCCO)C(=O)CCC1CCCC1)C32. The van der Waals surface area contributed by atoms with Crippen LogP contribution in [0.1, 0.15) is 101 Å². The second-order valence-electron chi connectivity index (χ2n) is 16.4. The van der Waals surface area contributed by atoms with Crippen molar-refractivity contribution < 1.29 is 48.3 Å². The van der Waals surface area contributed by atoms with Crippen molar-refractivity contribution in [1.82, 2.24) is 4.90 Å². The van der Waals surface area contributed by atoms with Crippen molar-refractivity contribution in [2.45, 2.75) is 108 Å². The van der Waals surface area contributed by atoms with E-state index in [4.69, 9.17) is 23.8 Å². The lowest BCUT2D eigenvalue weighted by molar-refractivity contribution is -0.258. The number of aliphatic hydroxyl groups excluding tert-OH is 3. The van der Waals surface area contributed by atoms with Gasteiger partial charge in [0.1, 0.15) is 37.1 Å². The lowest BCUT2D eigenvalue weighted by Gasteiger charge is -2.60. The summed E-state index contributed by atoms with van der Waals surface area (Å²) in [6.45, 7) is 4.91. The van der Waals surface area contributed by atoms with E-state index in [0.29, 0.717) is 48.7 Å². The second kappa shape index (κ2) is 22.2. The summed E-state index contributed by atoms with van der Waals surface area (Å²) < 4.78 is 41.2. The Morgan fingerprint density at radius 2 is 1.80 bits per heavy atom. The molecule has 324 valence electrons. The van der Waals surface area contributed by atoms with Crippen LogP contribution >= 0.6 is 0 Å². The second-order valence-corrected chi connectivity index (χ2v) is 16.4. The molecular weight excluding hydrogens is 756 g/mol. The van der Waals surface area contributed by atoms with Gasteiger partial charge < -0.3 is 44.0 Å². The molecule has 2 aromatic rings. The van der Waals surface area contributed by atoms with Gasteiger partial charge in [0.05, 0.1) is 38.1 Å². The first-order valence-electron chi connectivity index (χ1n) is 21.8. The van der Waals surface area contributed by atoms with Gasteiger partial charge in [0.25, 0.3) is 0 Å². The Balaban J connectivity index is 1.51. The summed E-state index contributed by atoms with van der Waals surface area (Å²) >= 11 is 0. The van der Waals surface area contributed by atoms with E-state index in [2.05, 4.69) is 17.8 Å². The third-order valence-corrected chi connectivity index (χ3v) is 12.8. The number of carbonyl (C=O) groups is 1. The van der Waals surface area contributed by atoms with E-state index < -0.39 is 17.7 Å². The molecule has 1 amide bonds. The van der Waals surface area contributed by atoms with E-state index in [-0.39, 0.29) is 82.3 Å². The van der Waals surface area contributed by atoms with Gasteiger partial charge >= 0.3 is 0 Å². The van der Waals surface area contributed by atoms with Gasteiger partial charge in [-0.3, -0.25) is 4.79 Å². The lowest BCUT2D eigenvalue weighted by Crippen LogP contribution is -2.70. The number of halogens is 1. The van der Waals surface area contributed by atoms with Crippen molar-refractivity contribution in [3.8, 4) is 11.5 Å². The predicted molar refractivity (Wildman–Crippen MR) is 224 cm³/mol. The van der Waals surface area contributed by atoms with E-state index in [0.717, 1.165) is 61.8 Å². The summed E-state index contributed by atoms with van der Waals surface area (Å²) in [6.07, 6.45) is 14.7. The van der Waals surface area contributed by atoms with Crippen LogP contribution in [-0.4, -0.2) is 97.0 Å². The van der Waals surface area contributed by atoms with Crippen molar-refractivity contribution in [3.05, 3.63) is 83.7 Å². The number of hydrogen-bond acceptors (Lipinski definition) is 10. The number of nitrogens with zero attached hydrogens (tertiary/aromatic N) is 2. The Bertz CT molecular complexity index is 1730. The van der Waals surface area contributed by atoms with Crippen LogP contribution < -0.4 is 9.47 Å². The van der Waals surface area contributed by atoms with Crippen molar-refractivity contribution >= 4 is 11.6 Å². The Morgan fingerprint density at radius 1 is 1.02 bits per heavy atom. The maximum Gasteiger partial charge on any atom is 0.239 e. The van der Waals surface area contributed by atoms with Gasteiger partial charge in [-0.1, -0.05) is 74.0 Å². The average Bonchev–Trinajstić information content (AvgIpc) is 3.78. The standard InChI is InChI=1S/C47H65FN2O9/c1-3-26-58-47-43(50(22-27-56-28-25-53)44(54)21-18-33-12-4-5-13-33)31-41(49-55-2)38-29-34(14-8-10-23-51)37(16-9-11-24-52)45(46(38)47)39-30-36(19-20-42(39)59-47)57-32-35-15-6-7-17-40(35)48/h3,6-7,15,17,19-20,29-30,33-34,37,43,45-46,51-53H,1,4-5,8-14,16,18,21-28,31-32H2,2H3. The Kier molecular flexibility index (Phi) is 16.8. The summed E-state index contributed by atoms with van der Waals surface area (Å²) in [5, 5.41) is 34.0. The minimum absolute atomic E-state index is 0.0136. The van der Waals surface area contributed by atoms with Crippen molar-refractivity contribution in [2.24, 2.45) is 28.8 Å². The number of aliphatic hydroxyl groups is 3. The number of rotatable bonds is 24. The Hall–Kier alpha value is -3.81. The molecule has 6 unspecified atom stereocenters. The minimum atomic E-state index is -1.38. The highest BCUT2D eigenvalue weighted by Gasteiger charge is 2.65. The third-order valence-electron chi connectivity index (χ3n) is 12.8. The van der Waals surface area contributed by atoms with Crippen molar-refractivity contribution in [2.75, 3.05) is 53.3 Å². The molecule has 6 atom stereocenters. The minimum Gasteiger partial charge on any atom is -0.489 e. The lowest BCUT2D eigenvalue weighted by atomic mass is 9.55. The number of unbranched alkanes of at least 4 members (excludes halogenated alkanes) is 2. The summed E-state index contributed by atoms with van der Waals surface area (Å²) in [4.78, 5) is 22.2. The first-order chi connectivity index (χ1) is 28.9. The highest BCUT2D eigenvalue weighted by atomic mass is 19.1. The van der Waals surface area contributed by atoms with Gasteiger partial charge in [-0.05, 0) is 79.7 Å². The van der Waals surface area contributed by atoms with Crippen LogP contribution in [0, 0.1) is 29.5 Å². The maximum atomic E-state index is 14.7. The molecule has 0 spiro atoms. The topological polar surface area (TPSA) is 140 Å². The number of carbonyl (C=O) groups excluding carboxylic acids is 1. The van der Waals surface area contributed by atoms with E-state index in [1.807, 2.05) is 23.1 Å². The van der Waals surface area contributed by atoms with Crippen molar-refractivity contribution in [1.29, 1.82) is 0 Å². The average molecular weight is 821 g/mol. The van der Waals surface area contributed by atoms with E-state index >= 15 is 0 Å². The van der Waals surface area contributed by atoms with Gasteiger partial charge in [0.2, 0.25) is 11.7 Å². The molecule has 0 bridgehead atoms. The molecule has 2 saturated carbocycles. The summed E-state index contributed by atoms with van der Waals surface area (Å²) in [6, 6.07) is 11.7. The fraction of sp³-hybridized carbons (Fsp3) is 0.617. The van der Waals surface area contributed by atoms with Crippen LogP contribution in [0.3, 0.4) is 0 Å². The molecule has 12 heteroatoms. The largest absolute Gasteiger partial charge is 0.489 e. The number of oxime groups is 1. The molecule has 2 fully saturated rings. The van der Waals surface area contributed by atoms with Crippen molar-refractivity contribution in [3.63, 3.8) is 0 Å². The Morgan fingerprint density at radius 3 is 2.53 bits per heavy atom. The maximum absolute atomic E-state index is 14.7. The van der Waals surface area contributed by atoms with Gasteiger partial charge in [0, 0.05) is 49.6 Å². The number of allylic oxidation sites excluding steroid dienone is 1. The van der Waals surface area contributed by atoms with Gasteiger partial charge in [-0.2, -0.15) is 0 Å². The Labute approximate surface area is 349 Å². The summed E-state index contributed by atoms with van der Waals surface area (Å²) in [5.74, 6) is -0.581. The van der Waals surface area contributed by atoms with Crippen LogP contribution in [0.5, 0.6) is 11.5 Å². The van der Waals surface area contributed by atoms with E-state index in [9.17, 15) is 24.5 Å². The summed E-state index contributed by atoms with van der Waals surface area (Å²) in [7, 11) is 1.54. The van der Waals surface area contributed by atoms with E-state index in [1.54, 1.807) is 24.3 Å². The van der Waals surface area contributed by atoms with Crippen LogP contribution in [0.4, 0.5) is 4.39 Å². The number of amides is 1. The van der Waals surface area contributed by atoms with Crippen LogP contribution in [0.2, 0.25) is 0 Å². The molecule has 1 heterocycles. The van der Waals surface area contributed by atoms with Gasteiger partial charge in [-0.25, -0.2) is 4.39 Å². The normalized spacial score (nSPS) is 25.5. The predicted octanol–water partition coefficient (Wildman–Crippen LogP) is 7.48. The number of hydrogen-bond donors (Lipinski definition) is 3. The molecule has 0 saturated heterocycles. The zero-order valence-corrected chi connectivity index (χ0v) is 34.8. The first-order valence-corrected chi connectivity index (χ1v) is 21.8. The quantitative estimate of drug-likeness (QED) is 0.0559. The van der Waals surface area contributed by atoms with Crippen LogP contribution in [0.15, 0.2) is 71.9 Å². The zero-order valence-electron chi connectivity index (χ0n) is 34.8. The molecule has 0 radical (unpaired) electrons. The molecule has 59 heavy (non-hydrogen) atoms. The van der Waals surface area contributed by atoms with Gasteiger partial charge in [-0.15, -0.1) is 6.58 Å². The number of fused-ring (bicyclic) bond motifs is 2. The highest BCUT2D eigenvalue weighted by Crippen LogP contribution is 2.62. The monoisotopic (exact) mass is 820 g/mol. The molecule has 3 aliphatic carbocycles. The molecule has 1 aliphatic heterocycles. The van der Waals surface area contributed by atoms with Crippen LogP contribution in [-0.2, 0) is 25.7 Å². The number of ether oxygens (including phenoxy) is 4. The molecular formula is C47H65FN2O9. The fourth-order valence-corrected chi connectivity index (χ4v) is 10.2. The first kappa shape index (κ1) is 44.7. The fourth-order valence-electron chi connectivity index (χ4n) is 10.2. The van der Waals surface area contributed by atoms with E-state index in [1.165, 1.54) is 26.0 Å². The number of benzene rings is 2. The molecule has 11 nitrogen and oxygen atoms in total. The highest BCUT2D eigenvalue weighted by molar-refractivity contribution is 6.03. The molecule has 2 aromatic carbocycles. The van der Waals surface area contributed by atoms with Crippen LogP contribution in [0.25, 0.3) is 0 Å². The summed E-state index contributed by atoms with van der Waals surface area (Å²) in [5.41, 5.74) is 3.04. The zero-order chi connectivity index (χ0) is 41.6. The smallest absolute Gasteiger partial charge is 0.239 e. The molecule has 3 N–H and O–H groups in total. The molecule has 0 aromatic heterocycles. The molecule has 6 rings (SSSR count). The molecule has 4 aliphatic rings. The third kappa shape index (κ3) is 10.6.